The zero-order valence-electron chi connectivity index (χ0n) is 14.6. The van der Waals surface area contributed by atoms with Gasteiger partial charge in [0, 0.05) is 0 Å². The van der Waals surface area contributed by atoms with Crippen LogP contribution in [0, 0.1) is 17.3 Å². The molecule has 2 N–H and O–H groups in total. The Morgan fingerprint density at radius 2 is 1.70 bits per heavy atom. The molecule has 27 heavy (non-hydrogen) atoms. The van der Waals surface area contributed by atoms with Crippen molar-refractivity contribution in [3.63, 3.8) is 0 Å². The molecule has 0 heterocycles. The number of alkyl halides is 4. The molecule has 0 aromatic carbocycles. The maximum Gasteiger partial charge on any atom is 0.435 e. The molecule has 0 radical (unpaired) electrons. The van der Waals surface area contributed by atoms with Gasteiger partial charge in [-0.1, -0.05) is 0 Å². The van der Waals surface area contributed by atoms with Gasteiger partial charge in [-0.25, -0.2) is 0 Å². The first-order chi connectivity index (χ1) is 12.1. The van der Waals surface area contributed by atoms with Gasteiger partial charge in [-0.15, -0.1) is 0 Å². The summed E-state index contributed by atoms with van der Waals surface area (Å²) in [4.78, 5) is 12.2. The quantitative estimate of drug-likeness (QED) is 0.391. The van der Waals surface area contributed by atoms with Gasteiger partial charge in [0.1, 0.15) is 0 Å². The number of esters is 1. The standard InChI is InChI=1S/C16H22F4O6S/c1-9(15(17,18)16(19,20)27(23,24)25)26-12(21)7-13-3-10-2-11(4-13)6-14(22,5-10)8-13/h9-11,22H,2-8H2,1H3,(H,23,24,25). The minimum Gasteiger partial charge on any atom is -0.456 e. The van der Waals surface area contributed by atoms with Crippen LogP contribution in [0.5, 0.6) is 0 Å². The van der Waals surface area contributed by atoms with Gasteiger partial charge in [-0.2, -0.15) is 26.0 Å². The van der Waals surface area contributed by atoms with E-state index in [0.717, 1.165) is 6.42 Å². The Morgan fingerprint density at radius 1 is 1.19 bits per heavy atom. The van der Waals surface area contributed by atoms with Crippen LogP contribution in [0.1, 0.15) is 51.9 Å². The van der Waals surface area contributed by atoms with E-state index in [1.165, 1.54) is 0 Å². The predicted molar refractivity (Wildman–Crippen MR) is 83.7 cm³/mol. The Balaban J connectivity index is 1.69. The van der Waals surface area contributed by atoms with Crippen molar-refractivity contribution in [1.82, 2.24) is 0 Å². The molecule has 0 aliphatic heterocycles. The predicted octanol–water partition coefficient (Wildman–Crippen LogP) is 2.76. The molecule has 4 rings (SSSR count). The highest BCUT2D eigenvalue weighted by atomic mass is 32.2. The van der Waals surface area contributed by atoms with E-state index >= 15 is 0 Å². The van der Waals surface area contributed by atoms with Crippen molar-refractivity contribution in [1.29, 1.82) is 0 Å². The van der Waals surface area contributed by atoms with Gasteiger partial charge in [0.05, 0.1) is 12.0 Å². The largest absolute Gasteiger partial charge is 0.456 e. The number of aliphatic hydroxyl groups is 1. The molecule has 3 atom stereocenters. The molecule has 11 heteroatoms. The number of hydrogen-bond acceptors (Lipinski definition) is 5. The monoisotopic (exact) mass is 418 g/mol. The van der Waals surface area contributed by atoms with Crippen LogP contribution in [0.15, 0.2) is 0 Å². The second-order valence-electron chi connectivity index (χ2n) is 8.61. The molecule has 0 aromatic rings. The zero-order valence-corrected chi connectivity index (χ0v) is 15.4. The van der Waals surface area contributed by atoms with E-state index in [1.54, 1.807) is 0 Å². The van der Waals surface area contributed by atoms with Crippen molar-refractivity contribution in [2.24, 2.45) is 17.3 Å². The fraction of sp³-hybridized carbons (Fsp3) is 0.938. The van der Waals surface area contributed by atoms with E-state index in [2.05, 4.69) is 4.74 Å². The fourth-order valence-corrected chi connectivity index (χ4v) is 6.15. The summed E-state index contributed by atoms with van der Waals surface area (Å²) in [5.41, 5.74) is -1.51. The number of carbonyl (C=O) groups excluding carboxylic acids is 1. The first kappa shape index (κ1) is 20.8. The molecule has 156 valence electrons. The molecule has 3 unspecified atom stereocenters. The van der Waals surface area contributed by atoms with Crippen molar-refractivity contribution in [2.45, 2.75) is 74.8 Å². The van der Waals surface area contributed by atoms with E-state index in [0.29, 0.717) is 39.0 Å². The summed E-state index contributed by atoms with van der Waals surface area (Å²) in [6, 6.07) is 0. The van der Waals surface area contributed by atoms with Crippen molar-refractivity contribution >= 4 is 16.1 Å². The van der Waals surface area contributed by atoms with Crippen LogP contribution < -0.4 is 0 Å². The summed E-state index contributed by atoms with van der Waals surface area (Å²) < 4.78 is 88.3. The van der Waals surface area contributed by atoms with E-state index in [-0.39, 0.29) is 18.3 Å². The lowest BCUT2D eigenvalue weighted by Crippen LogP contribution is -2.57. The summed E-state index contributed by atoms with van der Waals surface area (Å²) in [5, 5.41) is 4.83. The molecule has 0 amide bonds. The Kier molecular flexibility index (Phi) is 4.64. The molecule has 4 fully saturated rings. The van der Waals surface area contributed by atoms with Crippen LogP contribution in [-0.2, 0) is 19.6 Å². The number of ether oxygens (including phenoxy) is 1. The molecule has 0 spiro atoms. The normalized spacial score (nSPS) is 37.3. The third-order valence-electron chi connectivity index (χ3n) is 6.20. The van der Waals surface area contributed by atoms with Gasteiger partial charge in [0.25, 0.3) is 0 Å². The lowest BCUT2D eigenvalue weighted by atomic mass is 9.47. The van der Waals surface area contributed by atoms with Crippen LogP contribution >= 0.6 is 0 Å². The average Bonchev–Trinajstić information content (AvgIpc) is 2.41. The SMILES string of the molecule is CC(OC(=O)CC12CC3CC(CC(O)(C3)C1)C2)C(F)(F)C(F)(F)S(=O)(=O)O. The minimum absolute atomic E-state index is 0.228. The molecule has 4 saturated carbocycles. The molecule has 0 saturated heterocycles. The Morgan fingerprint density at radius 3 is 2.15 bits per heavy atom. The minimum atomic E-state index is -6.40. The van der Waals surface area contributed by atoms with Crippen LogP contribution in [0.2, 0.25) is 0 Å². The highest BCUT2D eigenvalue weighted by Crippen LogP contribution is 2.63. The van der Waals surface area contributed by atoms with Gasteiger partial charge in [0.15, 0.2) is 6.10 Å². The van der Waals surface area contributed by atoms with Crippen LogP contribution in [0.3, 0.4) is 0 Å². The summed E-state index contributed by atoms with van der Waals surface area (Å²) >= 11 is 0. The first-order valence-electron chi connectivity index (χ1n) is 8.74. The van der Waals surface area contributed by atoms with Crippen molar-refractivity contribution in [2.75, 3.05) is 0 Å². The molecular weight excluding hydrogens is 396 g/mol. The molecular formula is C16H22F4O6S. The average molecular weight is 418 g/mol. The molecule has 4 bridgehead atoms. The second kappa shape index (κ2) is 6.03. The third-order valence-corrected chi connectivity index (χ3v) is 7.12. The Bertz CT molecular complexity index is 723. The zero-order chi connectivity index (χ0) is 20.5. The Hall–Kier alpha value is -0.940. The molecule has 4 aliphatic carbocycles. The van der Waals surface area contributed by atoms with Crippen LogP contribution in [0.25, 0.3) is 0 Å². The summed E-state index contributed by atoms with van der Waals surface area (Å²) in [6.45, 7) is 0.449. The van der Waals surface area contributed by atoms with E-state index in [9.17, 15) is 35.9 Å². The topological polar surface area (TPSA) is 101 Å². The lowest BCUT2D eigenvalue weighted by molar-refractivity contribution is -0.226. The highest BCUT2D eigenvalue weighted by molar-refractivity contribution is 7.87. The highest BCUT2D eigenvalue weighted by Gasteiger charge is 2.69. The van der Waals surface area contributed by atoms with Gasteiger partial charge in [0.2, 0.25) is 0 Å². The molecule has 0 aromatic heterocycles. The van der Waals surface area contributed by atoms with Gasteiger partial charge in [-0.3, -0.25) is 9.35 Å². The second-order valence-corrected chi connectivity index (χ2v) is 10.1. The van der Waals surface area contributed by atoms with E-state index in [1.807, 2.05) is 0 Å². The van der Waals surface area contributed by atoms with Crippen molar-refractivity contribution in [3.8, 4) is 0 Å². The van der Waals surface area contributed by atoms with Crippen LogP contribution in [-0.4, -0.2) is 46.9 Å². The van der Waals surface area contributed by atoms with Crippen molar-refractivity contribution < 1.29 is 45.2 Å². The van der Waals surface area contributed by atoms with E-state index in [4.69, 9.17) is 4.55 Å². The van der Waals surface area contributed by atoms with Gasteiger partial charge >= 0.3 is 27.3 Å². The van der Waals surface area contributed by atoms with E-state index < -0.39 is 44.4 Å². The van der Waals surface area contributed by atoms with Gasteiger partial charge in [-0.05, 0) is 62.7 Å². The van der Waals surface area contributed by atoms with Gasteiger partial charge < -0.3 is 9.84 Å². The third kappa shape index (κ3) is 3.46. The fourth-order valence-electron chi connectivity index (χ4n) is 5.64. The van der Waals surface area contributed by atoms with Crippen molar-refractivity contribution in [3.05, 3.63) is 0 Å². The number of hydrogen-bond donors (Lipinski definition) is 2. The summed E-state index contributed by atoms with van der Waals surface area (Å²) in [7, 11) is -6.40. The smallest absolute Gasteiger partial charge is 0.435 e. The lowest BCUT2D eigenvalue weighted by Gasteiger charge is -2.60. The molecule has 6 nitrogen and oxygen atoms in total. The summed E-state index contributed by atoms with van der Waals surface area (Å²) in [6.07, 6.45) is 0.728. The number of halogens is 4. The Labute approximate surface area is 154 Å². The first-order valence-corrected chi connectivity index (χ1v) is 10.2. The number of carbonyl (C=O) groups is 1. The number of rotatable bonds is 6. The molecule has 4 aliphatic rings. The maximum atomic E-state index is 13.8. The van der Waals surface area contributed by atoms with Crippen LogP contribution in [0.4, 0.5) is 17.6 Å². The summed E-state index contributed by atoms with van der Waals surface area (Å²) in [5.74, 6) is -6.01. The maximum absolute atomic E-state index is 13.8.